The molecule has 2 fully saturated rings. The number of carbonyl (C=O) groups is 2. The molecule has 2 amide bonds. The number of hydrogen-bond acceptors (Lipinski definition) is 6. The summed E-state index contributed by atoms with van der Waals surface area (Å²) < 4.78 is 0. The lowest BCUT2D eigenvalue weighted by molar-refractivity contribution is -0.139. The predicted molar refractivity (Wildman–Crippen MR) is 99.4 cm³/mol. The molecular weight excluding hydrogens is 354 g/mol. The van der Waals surface area contributed by atoms with Crippen LogP contribution < -0.4 is 10.6 Å². The Bertz CT molecular complexity index is 628. The number of aromatic nitrogens is 2. The van der Waals surface area contributed by atoms with Crippen LogP contribution in [0.25, 0.3) is 0 Å². The van der Waals surface area contributed by atoms with E-state index in [0.717, 1.165) is 43.7 Å². The summed E-state index contributed by atoms with van der Waals surface area (Å²) in [6, 6.07) is 0.0702. The molecule has 1 aromatic rings. The van der Waals surface area contributed by atoms with Gasteiger partial charge < -0.3 is 10.4 Å². The molecule has 0 saturated heterocycles. The zero-order valence-corrected chi connectivity index (χ0v) is 15.9. The minimum atomic E-state index is -0.782. The fourth-order valence-corrected chi connectivity index (χ4v) is 3.98. The van der Waals surface area contributed by atoms with Crippen LogP contribution in [-0.4, -0.2) is 57.4 Å². The topological polar surface area (TPSA) is 107 Å². The first-order valence-corrected chi connectivity index (χ1v) is 10.2. The molecule has 144 valence electrons. The van der Waals surface area contributed by atoms with E-state index in [1.54, 1.807) is 0 Å². The molecule has 0 aliphatic heterocycles. The van der Waals surface area contributed by atoms with Gasteiger partial charge in [-0.2, -0.15) is 0 Å². The van der Waals surface area contributed by atoms with Gasteiger partial charge in [0, 0.05) is 25.0 Å². The van der Waals surface area contributed by atoms with E-state index in [9.17, 15) is 9.59 Å². The number of aryl methyl sites for hydroxylation is 1. The third kappa shape index (κ3) is 5.63. The maximum atomic E-state index is 12.1. The number of nitrogens with one attached hydrogen (secondary N) is 2. The molecule has 1 heterocycles. The third-order valence-electron chi connectivity index (χ3n) is 4.92. The molecule has 2 saturated carbocycles. The van der Waals surface area contributed by atoms with Crippen LogP contribution in [0, 0.1) is 5.92 Å². The van der Waals surface area contributed by atoms with Crippen molar-refractivity contribution in [1.29, 1.82) is 0 Å². The van der Waals surface area contributed by atoms with Crippen molar-refractivity contribution < 1.29 is 14.7 Å². The molecule has 0 radical (unpaired) electrons. The van der Waals surface area contributed by atoms with Gasteiger partial charge in [-0.3, -0.25) is 15.0 Å². The first-order chi connectivity index (χ1) is 12.5. The largest absolute Gasteiger partial charge is 0.480 e. The summed E-state index contributed by atoms with van der Waals surface area (Å²) in [4.78, 5) is 25.2. The molecule has 9 heteroatoms. The molecule has 26 heavy (non-hydrogen) atoms. The van der Waals surface area contributed by atoms with E-state index in [0.29, 0.717) is 11.0 Å². The highest BCUT2D eigenvalue weighted by molar-refractivity contribution is 7.15. The van der Waals surface area contributed by atoms with Crippen molar-refractivity contribution in [2.45, 2.75) is 64.0 Å². The number of hydrogen-bond donors (Lipinski definition) is 3. The lowest BCUT2D eigenvalue weighted by atomic mass is 9.85. The van der Waals surface area contributed by atoms with Crippen molar-refractivity contribution in [2.75, 3.05) is 18.4 Å². The van der Waals surface area contributed by atoms with E-state index in [1.807, 2.05) is 0 Å². The highest BCUT2D eigenvalue weighted by Crippen LogP contribution is 2.33. The maximum Gasteiger partial charge on any atom is 0.321 e. The fourth-order valence-electron chi connectivity index (χ4n) is 3.20. The van der Waals surface area contributed by atoms with Crippen LogP contribution in [0.1, 0.15) is 50.5 Å². The molecule has 0 unspecified atom stereocenters. The van der Waals surface area contributed by atoms with Gasteiger partial charge in [-0.15, -0.1) is 10.2 Å². The van der Waals surface area contributed by atoms with Crippen LogP contribution in [-0.2, 0) is 11.2 Å². The average Bonchev–Trinajstić information content (AvgIpc) is 3.25. The Morgan fingerprint density at radius 1 is 1.31 bits per heavy atom. The summed E-state index contributed by atoms with van der Waals surface area (Å²) in [5.74, 6) is -0.126. The van der Waals surface area contributed by atoms with Gasteiger partial charge in [0.1, 0.15) is 5.01 Å². The van der Waals surface area contributed by atoms with Crippen molar-refractivity contribution in [3.63, 3.8) is 0 Å². The molecule has 0 atom stereocenters. The average molecular weight is 382 g/mol. The Kier molecular flexibility index (Phi) is 6.42. The smallest absolute Gasteiger partial charge is 0.321 e. The van der Waals surface area contributed by atoms with Gasteiger partial charge in [0.05, 0.1) is 6.54 Å². The minimum absolute atomic E-state index is 0.0861. The number of urea groups is 1. The standard InChI is InChI=1S/C17H27N5O3S/c1-2-3-4-14-20-21-17(26-14)19-16(25)18-12-7-13(8-12)22(10-15(23)24)9-11-5-6-11/h11-13H,2-10H2,1H3,(H,23,24)(H2,18,19,21,25). The predicted octanol–water partition coefficient (Wildman–Crippen LogP) is 2.33. The van der Waals surface area contributed by atoms with Crippen LogP contribution in [0.15, 0.2) is 0 Å². The van der Waals surface area contributed by atoms with Gasteiger partial charge in [-0.05, 0) is 38.0 Å². The first kappa shape index (κ1) is 19.0. The van der Waals surface area contributed by atoms with Gasteiger partial charge in [-0.1, -0.05) is 24.7 Å². The fraction of sp³-hybridized carbons (Fsp3) is 0.765. The summed E-state index contributed by atoms with van der Waals surface area (Å²) in [6.45, 7) is 3.08. The number of carboxylic acids is 1. The lowest BCUT2D eigenvalue weighted by Gasteiger charge is -2.42. The molecule has 1 aromatic heterocycles. The van der Waals surface area contributed by atoms with Crippen LogP contribution in [0.3, 0.4) is 0 Å². The van der Waals surface area contributed by atoms with Gasteiger partial charge in [-0.25, -0.2) is 4.79 Å². The molecule has 0 aromatic carbocycles. The van der Waals surface area contributed by atoms with Crippen LogP contribution in [0.4, 0.5) is 9.93 Å². The number of nitrogens with zero attached hydrogens (tertiary/aromatic N) is 3. The third-order valence-corrected chi connectivity index (χ3v) is 5.82. The van der Waals surface area contributed by atoms with Crippen LogP contribution in [0.2, 0.25) is 0 Å². The lowest BCUT2D eigenvalue weighted by Crippen LogP contribution is -2.55. The van der Waals surface area contributed by atoms with E-state index < -0.39 is 5.97 Å². The van der Waals surface area contributed by atoms with Crippen molar-refractivity contribution in [3.05, 3.63) is 5.01 Å². The van der Waals surface area contributed by atoms with Gasteiger partial charge in [0.2, 0.25) is 5.13 Å². The monoisotopic (exact) mass is 381 g/mol. The Labute approximate surface area is 157 Å². The van der Waals surface area contributed by atoms with Crippen molar-refractivity contribution in [2.24, 2.45) is 5.92 Å². The van der Waals surface area contributed by atoms with E-state index in [-0.39, 0.29) is 24.7 Å². The Balaban J connectivity index is 1.39. The number of carboxylic acid groups (broad SMARTS) is 1. The SMILES string of the molecule is CCCCc1nnc(NC(=O)NC2CC(N(CC(=O)O)CC3CC3)C2)s1. The Morgan fingerprint density at radius 3 is 2.73 bits per heavy atom. The molecule has 3 N–H and O–H groups in total. The van der Waals surface area contributed by atoms with Crippen LogP contribution >= 0.6 is 11.3 Å². The van der Waals surface area contributed by atoms with Crippen LogP contribution in [0.5, 0.6) is 0 Å². The van der Waals surface area contributed by atoms with E-state index >= 15 is 0 Å². The Morgan fingerprint density at radius 2 is 2.08 bits per heavy atom. The number of amides is 2. The summed E-state index contributed by atoms with van der Waals surface area (Å²) in [7, 11) is 0. The second kappa shape index (κ2) is 8.77. The van der Waals surface area contributed by atoms with Gasteiger partial charge >= 0.3 is 12.0 Å². The summed E-state index contributed by atoms with van der Waals surface area (Å²) in [6.07, 6.45) is 7.06. The van der Waals surface area contributed by atoms with E-state index in [4.69, 9.17) is 5.11 Å². The number of carbonyl (C=O) groups excluding carboxylic acids is 1. The number of unbranched alkanes of at least 4 members (excludes halogenated alkanes) is 1. The number of anilines is 1. The second-order valence-corrected chi connectivity index (χ2v) is 8.35. The molecule has 0 bridgehead atoms. The Hall–Kier alpha value is -1.74. The van der Waals surface area contributed by atoms with Crippen molar-refractivity contribution >= 4 is 28.5 Å². The molecular formula is C17H27N5O3S. The highest BCUT2D eigenvalue weighted by Gasteiger charge is 2.37. The second-order valence-electron chi connectivity index (χ2n) is 7.29. The number of rotatable bonds is 10. The molecule has 2 aliphatic rings. The maximum absolute atomic E-state index is 12.1. The minimum Gasteiger partial charge on any atom is -0.480 e. The van der Waals surface area contributed by atoms with E-state index in [2.05, 4.69) is 32.7 Å². The zero-order valence-electron chi connectivity index (χ0n) is 15.1. The highest BCUT2D eigenvalue weighted by atomic mass is 32.1. The van der Waals surface area contributed by atoms with Crippen molar-refractivity contribution in [3.8, 4) is 0 Å². The first-order valence-electron chi connectivity index (χ1n) is 9.39. The quantitative estimate of drug-likeness (QED) is 0.574. The summed E-state index contributed by atoms with van der Waals surface area (Å²) in [5, 5.41) is 24.3. The summed E-state index contributed by atoms with van der Waals surface area (Å²) in [5.41, 5.74) is 0. The molecule has 8 nitrogen and oxygen atoms in total. The van der Waals surface area contributed by atoms with Gasteiger partial charge in [0.15, 0.2) is 0 Å². The molecule has 3 rings (SSSR count). The zero-order chi connectivity index (χ0) is 18.5. The normalized spacial score (nSPS) is 22.1. The molecule has 0 spiro atoms. The van der Waals surface area contributed by atoms with E-state index in [1.165, 1.54) is 24.2 Å². The van der Waals surface area contributed by atoms with Gasteiger partial charge in [0.25, 0.3) is 0 Å². The number of aliphatic carboxylic acids is 1. The summed E-state index contributed by atoms with van der Waals surface area (Å²) >= 11 is 1.41. The molecule has 2 aliphatic carbocycles. The van der Waals surface area contributed by atoms with Crippen molar-refractivity contribution in [1.82, 2.24) is 20.4 Å².